The molecule has 0 aliphatic carbocycles. The second kappa shape index (κ2) is 10.7. The Bertz CT molecular complexity index is 983. The molecule has 0 spiro atoms. The third kappa shape index (κ3) is 6.38. The topological polar surface area (TPSA) is 80.7 Å². The molecule has 0 radical (unpaired) electrons. The minimum Gasteiger partial charge on any atom is -0.481 e. The molecule has 1 aromatic carbocycles. The number of carboxylic acid groups (broad SMARTS) is 1. The molecular weight excluding hydrogens is 394 g/mol. The number of ether oxygens (including phenoxy) is 1. The standard InChI is InChI=1S/C24H31N3O4/c1-18(2)27(21-12-10-19(11-13-21)22-8-7-15-30-22)17-20-16-26(3)25-24(20)31-14-6-4-5-9-23(28)29/h7-8,10-13,15-16,18H,4-6,9,14,17H2,1-3H3,(H,28,29)/i17D. The van der Waals surface area contributed by atoms with E-state index >= 15 is 0 Å². The van der Waals surface area contributed by atoms with Crippen molar-refractivity contribution < 1.29 is 20.4 Å². The van der Waals surface area contributed by atoms with Crippen molar-refractivity contribution in [1.29, 1.82) is 0 Å². The number of furan rings is 1. The summed E-state index contributed by atoms with van der Waals surface area (Å²) >= 11 is 0. The number of carboxylic acids is 1. The van der Waals surface area contributed by atoms with Crippen molar-refractivity contribution in [3.05, 3.63) is 54.4 Å². The highest BCUT2D eigenvalue weighted by atomic mass is 16.5. The fourth-order valence-corrected chi connectivity index (χ4v) is 3.32. The molecule has 2 aromatic heterocycles. The Kier molecular flexibility index (Phi) is 7.26. The van der Waals surface area contributed by atoms with E-state index in [1.807, 2.05) is 54.5 Å². The Balaban J connectivity index is 1.71. The Labute approximate surface area is 184 Å². The number of carbonyl (C=O) groups is 1. The number of benzene rings is 1. The number of aliphatic carboxylic acids is 1. The molecule has 7 nitrogen and oxygen atoms in total. The van der Waals surface area contributed by atoms with E-state index in [2.05, 4.69) is 18.9 Å². The van der Waals surface area contributed by atoms with Crippen LogP contribution in [-0.2, 0) is 18.4 Å². The average Bonchev–Trinajstić information content (AvgIpc) is 3.40. The summed E-state index contributed by atoms with van der Waals surface area (Å²) in [6.45, 7) is 3.86. The summed E-state index contributed by atoms with van der Waals surface area (Å²) in [7, 11) is 1.81. The van der Waals surface area contributed by atoms with Gasteiger partial charge in [-0.05, 0) is 69.5 Å². The van der Waals surface area contributed by atoms with Crippen molar-refractivity contribution in [3.8, 4) is 17.2 Å². The van der Waals surface area contributed by atoms with Crippen LogP contribution >= 0.6 is 0 Å². The van der Waals surface area contributed by atoms with E-state index in [-0.39, 0.29) is 12.5 Å². The molecule has 7 heteroatoms. The molecule has 166 valence electrons. The van der Waals surface area contributed by atoms with Crippen LogP contribution in [0.1, 0.15) is 46.5 Å². The molecule has 0 fully saturated rings. The quantitative estimate of drug-likeness (QED) is 0.405. The Morgan fingerprint density at radius 2 is 2.03 bits per heavy atom. The maximum Gasteiger partial charge on any atom is 0.303 e. The predicted molar refractivity (Wildman–Crippen MR) is 120 cm³/mol. The van der Waals surface area contributed by atoms with Crippen molar-refractivity contribution in [2.45, 2.75) is 52.1 Å². The number of aryl methyl sites for hydroxylation is 1. The number of rotatable bonds is 12. The van der Waals surface area contributed by atoms with Crippen LogP contribution < -0.4 is 9.64 Å². The highest BCUT2D eigenvalue weighted by Crippen LogP contribution is 2.27. The van der Waals surface area contributed by atoms with Gasteiger partial charge in [0.05, 0.1) is 26.3 Å². The van der Waals surface area contributed by atoms with Crippen molar-refractivity contribution >= 4 is 11.7 Å². The Hall–Kier alpha value is -3.22. The molecule has 31 heavy (non-hydrogen) atoms. The molecule has 0 bridgehead atoms. The van der Waals surface area contributed by atoms with Crippen LogP contribution in [0.25, 0.3) is 11.3 Å². The number of aromatic nitrogens is 2. The van der Waals surface area contributed by atoms with Gasteiger partial charge in [-0.3, -0.25) is 9.48 Å². The summed E-state index contributed by atoms with van der Waals surface area (Å²) < 4.78 is 22.0. The third-order valence-corrected chi connectivity index (χ3v) is 4.90. The highest BCUT2D eigenvalue weighted by molar-refractivity contribution is 5.66. The number of unbranched alkanes of at least 4 members (excludes halogenated alkanes) is 2. The van der Waals surface area contributed by atoms with E-state index in [1.54, 1.807) is 10.9 Å². The zero-order valence-corrected chi connectivity index (χ0v) is 18.3. The second-order valence-electron chi connectivity index (χ2n) is 7.77. The average molecular weight is 427 g/mol. The normalized spacial score (nSPS) is 12.6. The lowest BCUT2D eigenvalue weighted by Crippen LogP contribution is -2.30. The van der Waals surface area contributed by atoms with Crippen molar-refractivity contribution in [3.63, 3.8) is 0 Å². The van der Waals surface area contributed by atoms with E-state index < -0.39 is 12.5 Å². The summed E-state index contributed by atoms with van der Waals surface area (Å²) in [5, 5.41) is 13.1. The van der Waals surface area contributed by atoms with Crippen LogP contribution in [0.4, 0.5) is 5.69 Å². The minimum atomic E-state index is -0.777. The van der Waals surface area contributed by atoms with Gasteiger partial charge in [-0.15, -0.1) is 5.10 Å². The molecule has 1 N–H and O–H groups in total. The van der Waals surface area contributed by atoms with Gasteiger partial charge in [0.25, 0.3) is 0 Å². The zero-order valence-electron chi connectivity index (χ0n) is 19.3. The molecule has 0 saturated carbocycles. The lowest BCUT2D eigenvalue weighted by Gasteiger charge is -2.29. The van der Waals surface area contributed by atoms with Crippen molar-refractivity contribution in [2.24, 2.45) is 7.05 Å². The maximum atomic E-state index is 10.6. The van der Waals surface area contributed by atoms with Crippen LogP contribution in [0.5, 0.6) is 5.88 Å². The summed E-state index contributed by atoms with van der Waals surface area (Å²) in [5.74, 6) is 0.478. The monoisotopic (exact) mass is 426 g/mol. The molecule has 3 aromatic rings. The largest absolute Gasteiger partial charge is 0.481 e. The number of hydrogen-bond acceptors (Lipinski definition) is 5. The van der Waals surface area contributed by atoms with Gasteiger partial charge in [0, 0.05) is 37.0 Å². The molecule has 0 aliphatic rings. The van der Waals surface area contributed by atoms with Gasteiger partial charge in [-0.1, -0.05) is 0 Å². The first kappa shape index (κ1) is 21.0. The molecule has 0 aliphatic heterocycles. The van der Waals surface area contributed by atoms with Gasteiger partial charge < -0.3 is 19.2 Å². The summed E-state index contributed by atoms with van der Waals surface area (Å²) in [4.78, 5) is 12.6. The molecule has 3 rings (SSSR count). The fraction of sp³-hybridized carbons (Fsp3) is 0.417. The molecule has 2 heterocycles. The first-order chi connectivity index (χ1) is 15.4. The maximum absolute atomic E-state index is 10.6. The van der Waals surface area contributed by atoms with Gasteiger partial charge >= 0.3 is 5.97 Å². The summed E-state index contributed by atoms with van der Waals surface area (Å²) in [6.07, 6.45) is 5.80. The SMILES string of the molecule is [2H]C(c1cn(C)nc1OCCCCCC(=O)O)N(c1ccc(-c2ccco2)cc1)C(C)C. The van der Waals surface area contributed by atoms with Gasteiger partial charge in [0.2, 0.25) is 5.88 Å². The number of hydrogen-bond donors (Lipinski definition) is 1. The van der Waals surface area contributed by atoms with Gasteiger partial charge in [-0.2, -0.15) is 0 Å². The lowest BCUT2D eigenvalue weighted by atomic mass is 10.1. The van der Waals surface area contributed by atoms with Crippen LogP contribution in [0.15, 0.2) is 53.3 Å². The Morgan fingerprint density at radius 3 is 2.68 bits per heavy atom. The molecule has 1 atom stereocenters. The van der Waals surface area contributed by atoms with E-state index in [0.717, 1.165) is 29.9 Å². The zero-order chi connectivity index (χ0) is 23.1. The van der Waals surface area contributed by atoms with Gasteiger partial charge in [-0.25, -0.2) is 0 Å². The summed E-state index contributed by atoms with van der Waals surface area (Å²) in [6, 6.07) is 11.8. The van der Waals surface area contributed by atoms with E-state index in [1.165, 1.54) is 0 Å². The van der Waals surface area contributed by atoms with Crippen LogP contribution in [-0.4, -0.2) is 33.5 Å². The van der Waals surface area contributed by atoms with Crippen LogP contribution in [0.2, 0.25) is 0 Å². The van der Waals surface area contributed by atoms with Crippen LogP contribution in [0.3, 0.4) is 0 Å². The molecule has 0 saturated heterocycles. The highest BCUT2D eigenvalue weighted by Gasteiger charge is 2.17. The summed E-state index contributed by atoms with van der Waals surface area (Å²) in [5.41, 5.74) is 2.61. The fourth-order valence-electron chi connectivity index (χ4n) is 3.32. The van der Waals surface area contributed by atoms with Gasteiger partial charge in [0.1, 0.15) is 5.76 Å². The molecule has 1 unspecified atom stereocenters. The lowest BCUT2D eigenvalue weighted by molar-refractivity contribution is -0.137. The smallest absolute Gasteiger partial charge is 0.303 e. The van der Waals surface area contributed by atoms with Crippen LogP contribution in [0, 0.1) is 0 Å². The second-order valence-corrected chi connectivity index (χ2v) is 7.77. The number of nitrogens with zero attached hydrogens (tertiary/aromatic N) is 3. The van der Waals surface area contributed by atoms with E-state index in [4.69, 9.17) is 15.6 Å². The number of anilines is 1. The van der Waals surface area contributed by atoms with Gasteiger partial charge in [0.15, 0.2) is 0 Å². The predicted octanol–water partition coefficient (Wildman–Crippen LogP) is 5.12. The minimum absolute atomic E-state index is 0.0797. The van der Waals surface area contributed by atoms with E-state index in [9.17, 15) is 4.79 Å². The third-order valence-electron chi connectivity index (χ3n) is 4.90. The molecular formula is C24H31N3O4. The van der Waals surface area contributed by atoms with Crippen molar-refractivity contribution in [2.75, 3.05) is 11.5 Å². The molecule has 0 amide bonds. The Morgan fingerprint density at radius 1 is 1.26 bits per heavy atom. The van der Waals surface area contributed by atoms with E-state index in [0.29, 0.717) is 24.5 Å². The van der Waals surface area contributed by atoms with Crippen molar-refractivity contribution in [1.82, 2.24) is 9.78 Å². The first-order valence-corrected chi connectivity index (χ1v) is 10.6. The first-order valence-electron chi connectivity index (χ1n) is 11.2.